The molecule has 2 heterocycles. The van der Waals surface area contributed by atoms with Crippen LogP contribution in [-0.2, 0) is 11.3 Å². The molecule has 2 aromatic rings. The summed E-state index contributed by atoms with van der Waals surface area (Å²) in [5.41, 5.74) is 1.96. The first-order chi connectivity index (χ1) is 13.5. The lowest BCUT2D eigenvalue weighted by atomic mass is 9.87. The Hall–Kier alpha value is -2.11. The number of likely N-dealkylation sites (tertiary alicyclic amines) is 2. The van der Waals surface area contributed by atoms with Crippen LogP contribution in [0.25, 0.3) is 0 Å². The van der Waals surface area contributed by atoms with Crippen LogP contribution in [0.1, 0.15) is 29.9 Å². The Kier molecular flexibility index (Phi) is 5.56. The molecule has 2 saturated heterocycles. The number of phenolic OH excluding ortho intramolecular Hbond substituents is 1. The lowest BCUT2D eigenvalue weighted by Gasteiger charge is -2.37. The summed E-state index contributed by atoms with van der Waals surface area (Å²) in [5.74, 6) is 0.0951. The van der Waals surface area contributed by atoms with Crippen LogP contribution < -0.4 is 0 Å². The van der Waals surface area contributed by atoms with Crippen LogP contribution in [-0.4, -0.2) is 52.7 Å². The van der Waals surface area contributed by atoms with Crippen molar-refractivity contribution < 1.29 is 14.3 Å². The summed E-state index contributed by atoms with van der Waals surface area (Å²) in [4.78, 5) is 16.7. The average Bonchev–Trinajstić information content (AvgIpc) is 3.05. The summed E-state index contributed by atoms with van der Waals surface area (Å²) in [7, 11) is 0. The first-order valence-electron chi connectivity index (χ1n) is 9.71. The molecular formula is C22H24ClFN2O2. The first-order valence-corrected chi connectivity index (χ1v) is 10.1. The Balaban J connectivity index is 1.37. The highest BCUT2D eigenvalue weighted by Crippen LogP contribution is 2.33. The van der Waals surface area contributed by atoms with Crippen molar-refractivity contribution in [1.29, 1.82) is 0 Å². The van der Waals surface area contributed by atoms with Crippen molar-refractivity contribution in [2.24, 2.45) is 0 Å². The van der Waals surface area contributed by atoms with Crippen molar-refractivity contribution in [2.75, 3.05) is 19.6 Å². The zero-order valence-electron chi connectivity index (χ0n) is 15.6. The predicted molar refractivity (Wildman–Crippen MR) is 107 cm³/mol. The second-order valence-electron chi connectivity index (χ2n) is 7.69. The first kappa shape index (κ1) is 19.2. The Labute approximate surface area is 169 Å². The largest absolute Gasteiger partial charge is 0.508 e. The van der Waals surface area contributed by atoms with Gasteiger partial charge in [0.15, 0.2) is 0 Å². The third kappa shape index (κ3) is 4.01. The maximum atomic E-state index is 14.9. The van der Waals surface area contributed by atoms with Crippen LogP contribution in [0, 0.1) is 0 Å². The van der Waals surface area contributed by atoms with E-state index in [9.17, 15) is 14.3 Å². The molecule has 148 valence electrons. The Morgan fingerprint density at radius 1 is 1.04 bits per heavy atom. The van der Waals surface area contributed by atoms with Gasteiger partial charge >= 0.3 is 0 Å². The fourth-order valence-corrected chi connectivity index (χ4v) is 4.46. The second kappa shape index (κ2) is 8.10. The second-order valence-corrected chi connectivity index (χ2v) is 8.12. The van der Waals surface area contributed by atoms with Gasteiger partial charge in [0.25, 0.3) is 0 Å². The lowest BCUT2D eigenvalue weighted by molar-refractivity contribution is -0.133. The number of alkyl halides is 1. The molecule has 0 radical (unpaired) electrons. The Bertz CT molecular complexity index is 827. The zero-order chi connectivity index (χ0) is 19.7. The number of piperidine rings is 1. The van der Waals surface area contributed by atoms with E-state index in [0.29, 0.717) is 31.1 Å². The quantitative estimate of drug-likeness (QED) is 0.841. The monoisotopic (exact) mass is 402 g/mol. The van der Waals surface area contributed by atoms with E-state index >= 15 is 0 Å². The van der Waals surface area contributed by atoms with Gasteiger partial charge < -0.3 is 10.0 Å². The molecule has 2 aliphatic heterocycles. The smallest absolute Gasteiger partial charge is 0.240 e. The number of benzene rings is 2. The van der Waals surface area contributed by atoms with Crippen molar-refractivity contribution in [3.8, 4) is 5.75 Å². The number of aromatic hydroxyl groups is 1. The summed E-state index contributed by atoms with van der Waals surface area (Å²) in [6.07, 6.45) is 0.395. The van der Waals surface area contributed by atoms with Crippen LogP contribution in [0.4, 0.5) is 4.39 Å². The maximum absolute atomic E-state index is 14.9. The number of carbonyl (C=O) groups excluding carboxylic acids is 1. The van der Waals surface area contributed by atoms with E-state index in [0.717, 1.165) is 17.5 Å². The molecule has 3 atom stereocenters. The molecule has 4 nitrogen and oxygen atoms in total. The van der Waals surface area contributed by atoms with E-state index in [-0.39, 0.29) is 30.2 Å². The minimum atomic E-state index is -1.02. The summed E-state index contributed by atoms with van der Waals surface area (Å²) in [5, 5.41) is 10.1. The predicted octanol–water partition coefficient (Wildman–Crippen LogP) is 3.97. The molecule has 28 heavy (non-hydrogen) atoms. The van der Waals surface area contributed by atoms with E-state index in [1.54, 1.807) is 24.3 Å². The maximum Gasteiger partial charge on any atom is 0.240 e. The molecule has 4 rings (SSSR count). The molecule has 2 fully saturated rings. The normalized spacial score (nSPS) is 26.0. The number of hydrogen-bond acceptors (Lipinski definition) is 3. The number of amides is 1. The van der Waals surface area contributed by atoms with Crippen LogP contribution in [0.15, 0.2) is 48.5 Å². The topological polar surface area (TPSA) is 43.8 Å². The van der Waals surface area contributed by atoms with Gasteiger partial charge in [-0.15, -0.1) is 0 Å². The van der Waals surface area contributed by atoms with Gasteiger partial charge in [-0.2, -0.15) is 0 Å². The fraction of sp³-hybridized carbons (Fsp3) is 0.409. The molecule has 0 aromatic heterocycles. The molecule has 0 spiro atoms. The van der Waals surface area contributed by atoms with Gasteiger partial charge in [0.05, 0.1) is 6.04 Å². The number of halogens is 2. The summed E-state index contributed by atoms with van der Waals surface area (Å²) in [6.45, 7) is 2.24. The number of rotatable bonds is 4. The van der Waals surface area contributed by atoms with Gasteiger partial charge in [-0.3, -0.25) is 9.69 Å². The third-order valence-electron chi connectivity index (χ3n) is 5.89. The van der Waals surface area contributed by atoms with E-state index < -0.39 is 6.17 Å². The van der Waals surface area contributed by atoms with Gasteiger partial charge in [0.2, 0.25) is 5.91 Å². The van der Waals surface area contributed by atoms with Crippen LogP contribution in [0.5, 0.6) is 5.75 Å². The molecule has 1 N–H and O–H groups in total. The van der Waals surface area contributed by atoms with E-state index in [4.69, 9.17) is 11.6 Å². The number of nitrogens with zero attached hydrogens (tertiary/aromatic N) is 2. The van der Waals surface area contributed by atoms with Crippen molar-refractivity contribution in [3.63, 3.8) is 0 Å². The third-order valence-corrected chi connectivity index (χ3v) is 6.14. The molecular weight excluding hydrogens is 379 g/mol. The average molecular weight is 403 g/mol. The highest BCUT2D eigenvalue weighted by atomic mass is 35.5. The van der Waals surface area contributed by atoms with Crippen molar-refractivity contribution >= 4 is 17.5 Å². The molecule has 0 unspecified atom stereocenters. The number of hydrogen-bond donors (Lipinski definition) is 1. The Morgan fingerprint density at radius 2 is 1.75 bits per heavy atom. The molecule has 2 aromatic carbocycles. The van der Waals surface area contributed by atoms with E-state index in [2.05, 4.69) is 0 Å². The van der Waals surface area contributed by atoms with E-state index in [1.807, 2.05) is 34.1 Å². The van der Waals surface area contributed by atoms with Gasteiger partial charge in [-0.1, -0.05) is 35.9 Å². The molecule has 2 aliphatic rings. The van der Waals surface area contributed by atoms with Crippen LogP contribution >= 0.6 is 11.6 Å². The highest BCUT2D eigenvalue weighted by molar-refractivity contribution is 6.30. The van der Waals surface area contributed by atoms with Crippen molar-refractivity contribution in [3.05, 3.63) is 64.7 Å². The highest BCUT2D eigenvalue weighted by Gasteiger charge is 2.40. The lowest BCUT2D eigenvalue weighted by Crippen LogP contribution is -2.49. The van der Waals surface area contributed by atoms with Crippen molar-refractivity contribution in [1.82, 2.24) is 9.80 Å². The molecule has 0 saturated carbocycles. The summed E-state index contributed by atoms with van der Waals surface area (Å²) in [6, 6.07) is 14.1. The molecule has 1 amide bonds. The van der Waals surface area contributed by atoms with Gasteiger partial charge in [0, 0.05) is 30.6 Å². The minimum absolute atomic E-state index is 0.0882. The zero-order valence-corrected chi connectivity index (χ0v) is 16.4. The molecule has 0 aliphatic carbocycles. The standard InChI is InChI=1S/C22H24ClFN2O2/c23-17-5-1-15(2-6-17)13-26-12-10-21(22(26)28)25-11-9-19(20(24)14-25)16-3-7-18(27)8-4-16/h1-8,19-21,27H,9-14H2/t19-,20+,21+/m1/s1. The molecule has 6 heteroatoms. The van der Waals surface area contributed by atoms with Crippen LogP contribution in [0.2, 0.25) is 5.02 Å². The Morgan fingerprint density at radius 3 is 2.43 bits per heavy atom. The summed E-state index contributed by atoms with van der Waals surface area (Å²) < 4.78 is 14.9. The van der Waals surface area contributed by atoms with Gasteiger partial charge in [-0.05, 0) is 54.8 Å². The van der Waals surface area contributed by atoms with Crippen molar-refractivity contribution in [2.45, 2.75) is 37.5 Å². The van der Waals surface area contributed by atoms with Gasteiger partial charge in [0.1, 0.15) is 11.9 Å². The minimum Gasteiger partial charge on any atom is -0.508 e. The van der Waals surface area contributed by atoms with E-state index in [1.165, 1.54) is 0 Å². The SMILES string of the molecule is O=C1[C@@H](N2CC[C@H](c3ccc(O)cc3)[C@@H](F)C2)CCN1Cc1ccc(Cl)cc1. The van der Waals surface area contributed by atoms with Crippen LogP contribution in [0.3, 0.4) is 0 Å². The number of carbonyl (C=O) groups is 1. The van der Waals surface area contributed by atoms with Gasteiger partial charge in [-0.25, -0.2) is 4.39 Å². The summed E-state index contributed by atoms with van der Waals surface area (Å²) >= 11 is 5.92. The number of phenols is 1. The molecule has 0 bridgehead atoms. The fourth-order valence-electron chi connectivity index (χ4n) is 4.34.